The Morgan fingerprint density at radius 2 is 2.00 bits per heavy atom. The van der Waals surface area contributed by atoms with Crippen LogP contribution in [0.1, 0.15) is 19.8 Å². The Hall–Kier alpha value is -1.63. The number of carboxylic acid groups (broad SMARTS) is 1. The van der Waals surface area contributed by atoms with Gasteiger partial charge in [0, 0.05) is 13.1 Å². The molecule has 1 spiro atoms. The fourth-order valence-corrected chi connectivity index (χ4v) is 2.54. The number of rotatable bonds is 3. The Morgan fingerprint density at radius 1 is 1.39 bits per heavy atom. The van der Waals surface area contributed by atoms with Crippen LogP contribution in [-0.2, 0) is 9.59 Å². The molecule has 2 aliphatic rings. The van der Waals surface area contributed by atoms with Gasteiger partial charge in [0.1, 0.15) is 12.1 Å². The van der Waals surface area contributed by atoms with E-state index >= 15 is 0 Å². The second kappa shape index (κ2) is 4.56. The highest BCUT2D eigenvalue weighted by molar-refractivity contribution is 6.08. The smallest absolute Gasteiger partial charge is 0.325 e. The van der Waals surface area contributed by atoms with Crippen LogP contribution in [0.3, 0.4) is 0 Å². The molecule has 0 aliphatic carbocycles. The number of piperidine rings is 1. The van der Waals surface area contributed by atoms with Gasteiger partial charge < -0.3 is 15.3 Å². The summed E-state index contributed by atoms with van der Waals surface area (Å²) >= 11 is 0. The quantitative estimate of drug-likeness (QED) is 0.662. The predicted octanol–water partition coefficient (Wildman–Crippen LogP) is -0.523. The SMILES string of the molecule is CCN1CCC2(CC1)NC(=O)N(CC(=O)O)C2=O. The van der Waals surface area contributed by atoms with Crippen molar-refractivity contribution >= 4 is 17.9 Å². The van der Waals surface area contributed by atoms with Crippen LogP contribution in [0.4, 0.5) is 4.79 Å². The minimum atomic E-state index is -1.18. The number of nitrogens with one attached hydrogen (secondary N) is 1. The summed E-state index contributed by atoms with van der Waals surface area (Å²) < 4.78 is 0. The third-order valence-corrected chi connectivity index (χ3v) is 3.70. The third-order valence-electron chi connectivity index (χ3n) is 3.70. The lowest BCUT2D eigenvalue weighted by atomic mass is 9.87. The first-order valence-electron chi connectivity index (χ1n) is 6.07. The van der Waals surface area contributed by atoms with E-state index in [1.165, 1.54) is 0 Å². The van der Waals surface area contributed by atoms with Crippen molar-refractivity contribution in [1.82, 2.24) is 15.1 Å². The van der Waals surface area contributed by atoms with E-state index in [4.69, 9.17) is 5.11 Å². The van der Waals surface area contributed by atoms with Crippen molar-refractivity contribution in [2.24, 2.45) is 0 Å². The summed E-state index contributed by atoms with van der Waals surface area (Å²) in [6.07, 6.45) is 1.09. The van der Waals surface area contributed by atoms with Gasteiger partial charge in [0.25, 0.3) is 5.91 Å². The molecule has 7 heteroatoms. The van der Waals surface area contributed by atoms with Gasteiger partial charge in [-0.15, -0.1) is 0 Å². The van der Waals surface area contributed by atoms with E-state index in [1.54, 1.807) is 0 Å². The van der Waals surface area contributed by atoms with E-state index in [0.29, 0.717) is 12.8 Å². The number of nitrogens with zero attached hydrogens (tertiary/aromatic N) is 2. The van der Waals surface area contributed by atoms with Crippen molar-refractivity contribution in [3.63, 3.8) is 0 Å². The van der Waals surface area contributed by atoms with Crippen molar-refractivity contribution in [1.29, 1.82) is 0 Å². The second-order valence-electron chi connectivity index (χ2n) is 4.73. The minimum absolute atomic E-state index is 0.398. The zero-order valence-electron chi connectivity index (χ0n) is 10.3. The first-order valence-corrected chi connectivity index (χ1v) is 6.07. The number of hydrogen-bond acceptors (Lipinski definition) is 4. The number of amides is 3. The lowest BCUT2D eigenvalue weighted by Gasteiger charge is -2.36. The van der Waals surface area contributed by atoms with Crippen LogP contribution >= 0.6 is 0 Å². The Morgan fingerprint density at radius 3 is 2.50 bits per heavy atom. The van der Waals surface area contributed by atoms with Gasteiger partial charge in [0.2, 0.25) is 0 Å². The normalized spacial score (nSPS) is 23.5. The van der Waals surface area contributed by atoms with Gasteiger partial charge in [-0.3, -0.25) is 14.5 Å². The van der Waals surface area contributed by atoms with Gasteiger partial charge in [-0.25, -0.2) is 4.79 Å². The van der Waals surface area contributed by atoms with Crippen molar-refractivity contribution in [2.75, 3.05) is 26.2 Å². The van der Waals surface area contributed by atoms with E-state index in [-0.39, 0.29) is 0 Å². The van der Waals surface area contributed by atoms with Gasteiger partial charge in [-0.1, -0.05) is 6.92 Å². The topological polar surface area (TPSA) is 90.0 Å². The number of imide groups is 1. The standard InChI is InChI=1S/C11H17N3O4/c1-2-13-5-3-11(4-6-13)9(17)14(7-8(15)16)10(18)12-11/h2-7H2,1H3,(H,12,18)(H,15,16). The number of urea groups is 1. The summed E-state index contributed by atoms with van der Waals surface area (Å²) in [5.74, 6) is -1.58. The number of hydrogen-bond donors (Lipinski definition) is 2. The molecular weight excluding hydrogens is 238 g/mol. The molecule has 0 aromatic carbocycles. The molecule has 100 valence electrons. The van der Waals surface area contributed by atoms with Gasteiger partial charge in [0.05, 0.1) is 0 Å². The van der Waals surface area contributed by atoms with Crippen molar-refractivity contribution in [2.45, 2.75) is 25.3 Å². The zero-order valence-corrected chi connectivity index (χ0v) is 10.3. The maximum atomic E-state index is 12.2. The second-order valence-corrected chi connectivity index (χ2v) is 4.73. The number of carbonyl (C=O) groups is 3. The molecule has 2 N–H and O–H groups in total. The van der Waals surface area contributed by atoms with Gasteiger partial charge in [-0.2, -0.15) is 0 Å². The largest absolute Gasteiger partial charge is 0.480 e. The van der Waals surface area contributed by atoms with Crippen molar-refractivity contribution in [3.05, 3.63) is 0 Å². The molecule has 0 aromatic heterocycles. The molecular formula is C11H17N3O4. The molecule has 2 heterocycles. The summed E-state index contributed by atoms with van der Waals surface area (Å²) in [5, 5.41) is 11.4. The summed E-state index contributed by atoms with van der Waals surface area (Å²) in [4.78, 5) is 37.5. The van der Waals surface area contributed by atoms with Gasteiger partial charge in [-0.05, 0) is 19.4 Å². The average molecular weight is 255 g/mol. The lowest BCUT2D eigenvalue weighted by molar-refractivity contribution is -0.143. The average Bonchev–Trinajstić information content (AvgIpc) is 2.55. The highest BCUT2D eigenvalue weighted by atomic mass is 16.4. The number of carboxylic acids is 1. The predicted molar refractivity (Wildman–Crippen MR) is 62.0 cm³/mol. The molecule has 0 bridgehead atoms. The summed E-state index contributed by atoms with van der Waals surface area (Å²) in [6.45, 7) is 3.87. The van der Waals surface area contributed by atoms with Crippen LogP contribution in [0, 0.1) is 0 Å². The molecule has 2 fully saturated rings. The van der Waals surface area contributed by atoms with E-state index in [0.717, 1.165) is 24.5 Å². The molecule has 0 saturated carbocycles. The van der Waals surface area contributed by atoms with Gasteiger partial charge in [0.15, 0.2) is 0 Å². The molecule has 3 amide bonds. The third kappa shape index (κ3) is 2.05. The molecule has 2 rings (SSSR count). The molecule has 18 heavy (non-hydrogen) atoms. The molecule has 2 aliphatic heterocycles. The van der Waals surface area contributed by atoms with E-state index in [2.05, 4.69) is 10.2 Å². The summed E-state index contributed by atoms with van der Waals surface area (Å²) in [5.41, 5.74) is -0.877. The molecule has 7 nitrogen and oxygen atoms in total. The van der Waals surface area contributed by atoms with E-state index in [1.807, 2.05) is 6.92 Å². The molecule has 0 aromatic rings. The fraction of sp³-hybridized carbons (Fsp3) is 0.727. The highest BCUT2D eigenvalue weighted by Gasteiger charge is 2.52. The van der Waals surface area contributed by atoms with Crippen LogP contribution in [0.5, 0.6) is 0 Å². The Kier molecular flexibility index (Phi) is 3.25. The fourth-order valence-electron chi connectivity index (χ4n) is 2.54. The molecule has 0 radical (unpaired) electrons. The van der Waals surface area contributed by atoms with E-state index in [9.17, 15) is 14.4 Å². The highest BCUT2D eigenvalue weighted by Crippen LogP contribution is 2.29. The molecule has 2 saturated heterocycles. The number of carbonyl (C=O) groups excluding carboxylic acids is 2. The number of aliphatic carboxylic acids is 1. The Balaban J connectivity index is 2.10. The van der Waals surface area contributed by atoms with Crippen LogP contribution in [0.25, 0.3) is 0 Å². The maximum absolute atomic E-state index is 12.2. The first kappa shape index (κ1) is 12.8. The Bertz CT molecular complexity index is 388. The van der Waals surface area contributed by atoms with E-state index < -0.39 is 30.0 Å². The lowest BCUT2D eigenvalue weighted by Crippen LogP contribution is -2.54. The molecule has 0 unspecified atom stereocenters. The van der Waals surface area contributed by atoms with Crippen LogP contribution in [0.2, 0.25) is 0 Å². The maximum Gasteiger partial charge on any atom is 0.325 e. The minimum Gasteiger partial charge on any atom is -0.480 e. The van der Waals surface area contributed by atoms with Gasteiger partial charge >= 0.3 is 12.0 Å². The first-order chi connectivity index (χ1) is 8.48. The summed E-state index contributed by atoms with van der Waals surface area (Å²) in [7, 11) is 0. The van der Waals surface area contributed by atoms with Crippen LogP contribution in [-0.4, -0.2) is 64.5 Å². The summed E-state index contributed by atoms with van der Waals surface area (Å²) in [6, 6.07) is -0.590. The zero-order chi connectivity index (χ0) is 13.3. The van der Waals surface area contributed by atoms with Crippen LogP contribution < -0.4 is 5.32 Å². The molecule has 0 atom stereocenters. The van der Waals surface area contributed by atoms with Crippen molar-refractivity contribution in [3.8, 4) is 0 Å². The van der Waals surface area contributed by atoms with Crippen LogP contribution in [0.15, 0.2) is 0 Å². The van der Waals surface area contributed by atoms with Crippen molar-refractivity contribution < 1.29 is 19.5 Å². The Labute approximate surface area is 105 Å². The number of likely N-dealkylation sites (tertiary alicyclic amines) is 1. The monoisotopic (exact) mass is 255 g/mol.